The van der Waals surface area contributed by atoms with Gasteiger partial charge in [-0.3, -0.25) is 9.59 Å². The topological polar surface area (TPSA) is 200 Å². The molecule has 6 rings (SSSR count). The summed E-state index contributed by atoms with van der Waals surface area (Å²) in [4.78, 5) is 51.1. The lowest BCUT2D eigenvalue weighted by atomic mass is 9.85. The summed E-state index contributed by atoms with van der Waals surface area (Å²) in [7, 11) is 6.67. The number of allylic oxidation sites excluding steroid dienone is 1. The number of carboxylic acids is 1. The standard InChI is InChI=1S/C32H37N5O2S.C22H28ClNO4S.C2H7N.3C2H6.CH4O/c1-4-5-8-26(20-39)36(3)30-11-10-27(28-9-6-7-24(19-38)32(28)30)23-12-14-37(15-13-23)31-17-25(16-22(2)21-40)29(18-33)34-35-31;1-5-7-16(13-22(2,3)4)24-15-9-6-8-14(12-15)19-17(23)18(28-11-10-25)20(29-19)21(26)27;1-3-2;4*1-2/h4,6-7,9-11,16-20,23,26,40H,1-2,5,8,12-15,21,33H2,3H3;6,8-10,12,16,24H,5,7,11,13H2,1-4H3,(H,26,27);3H,1-2H3;3*1-2H3;2H,1H3/b25-16-,29-18+;;;;;;. The second-order valence-corrected chi connectivity index (χ2v) is 20.6. The lowest BCUT2D eigenvalue weighted by Crippen LogP contribution is -2.38. The summed E-state index contributed by atoms with van der Waals surface area (Å²) in [6.45, 7) is 30.1. The molecule has 1 aliphatic heterocycles. The summed E-state index contributed by atoms with van der Waals surface area (Å²) in [6.07, 6.45) is 14.1. The predicted octanol–water partition coefficient (Wildman–Crippen LogP) is 12.6. The van der Waals surface area contributed by atoms with E-state index in [1.807, 2.05) is 122 Å². The van der Waals surface area contributed by atoms with Crippen LogP contribution in [-0.4, -0.2) is 111 Å². The molecule has 1 fully saturated rings. The van der Waals surface area contributed by atoms with E-state index in [4.69, 9.17) is 27.2 Å². The summed E-state index contributed by atoms with van der Waals surface area (Å²) in [6, 6.07) is 19.9. The van der Waals surface area contributed by atoms with E-state index >= 15 is 0 Å². The van der Waals surface area contributed by atoms with E-state index in [1.165, 1.54) is 11.8 Å². The van der Waals surface area contributed by atoms with Gasteiger partial charge in [-0.1, -0.05) is 136 Å². The van der Waals surface area contributed by atoms with E-state index in [0.717, 1.165) is 127 Å². The number of aldehydes is 3. The number of aliphatic hydroxyl groups excluding tert-OH is 1. The van der Waals surface area contributed by atoms with Gasteiger partial charge >= 0.3 is 5.97 Å². The molecular weight excluding hydrogens is 1070 g/mol. The molecule has 3 aromatic carbocycles. The van der Waals surface area contributed by atoms with E-state index < -0.39 is 5.97 Å². The van der Waals surface area contributed by atoms with Crippen LogP contribution in [0.25, 0.3) is 33.5 Å². The molecule has 0 aliphatic carbocycles. The van der Waals surface area contributed by atoms with Crippen LogP contribution in [0.3, 0.4) is 0 Å². The van der Waals surface area contributed by atoms with Crippen molar-refractivity contribution in [2.24, 2.45) is 11.1 Å². The zero-order valence-corrected chi connectivity index (χ0v) is 52.7. The maximum Gasteiger partial charge on any atom is 0.349 e. The number of benzene rings is 3. The summed E-state index contributed by atoms with van der Waals surface area (Å²) in [5.41, 5.74) is 11.4. The highest BCUT2D eigenvalue weighted by atomic mass is 35.5. The van der Waals surface area contributed by atoms with E-state index in [2.05, 4.69) is 97.4 Å². The highest BCUT2D eigenvalue weighted by Gasteiger charge is 2.27. The molecule has 0 spiro atoms. The number of thiophene rings is 1. The number of hydrogen-bond donors (Lipinski definition) is 6. The van der Waals surface area contributed by atoms with Gasteiger partial charge in [-0.2, -0.15) is 12.6 Å². The van der Waals surface area contributed by atoms with Crippen LogP contribution in [-0.2, 0) is 9.59 Å². The van der Waals surface area contributed by atoms with Crippen molar-refractivity contribution in [3.05, 3.63) is 117 Å². The Kier molecular flexibility index (Phi) is 37.9. The van der Waals surface area contributed by atoms with Crippen LogP contribution in [0.4, 0.5) is 17.2 Å². The Morgan fingerprint density at radius 3 is 2.17 bits per heavy atom. The number of nitrogens with zero attached hydrogens (tertiary/aromatic N) is 4. The predicted molar refractivity (Wildman–Crippen MR) is 345 cm³/mol. The second-order valence-electron chi connectivity index (χ2n) is 18.8. The minimum absolute atomic E-state index is 0.0122. The molecule has 0 bridgehead atoms. The van der Waals surface area contributed by atoms with Crippen LogP contribution < -0.4 is 41.5 Å². The maximum atomic E-state index is 12.1. The second kappa shape index (κ2) is 41.0. The third-order valence-electron chi connectivity index (χ3n) is 12.0. The molecule has 2 unspecified atom stereocenters. The van der Waals surface area contributed by atoms with Gasteiger partial charge in [-0.25, -0.2) is 4.79 Å². The number of thiol groups is 1. The van der Waals surface area contributed by atoms with Crippen LogP contribution >= 0.6 is 35.6 Å². The third-order valence-corrected chi connectivity index (χ3v) is 14.1. The van der Waals surface area contributed by atoms with Crippen LogP contribution in [0.1, 0.15) is 146 Å². The molecular formula is C63H94ClN7O7S2. The Morgan fingerprint density at radius 2 is 1.64 bits per heavy atom. The van der Waals surface area contributed by atoms with Gasteiger partial charge in [0.15, 0.2) is 29.0 Å². The molecule has 6 N–H and O–H groups in total. The molecule has 0 saturated carbocycles. The quantitative estimate of drug-likeness (QED) is 0.0230. The van der Waals surface area contributed by atoms with E-state index in [-0.39, 0.29) is 33.7 Å². The van der Waals surface area contributed by atoms with Gasteiger partial charge in [-0.15, -0.1) is 28.1 Å². The Labute approximate surface area is 493 Å². The number of nitrogens with one attached hydrogen (secondary N) is 2. The van der Waals surface area contributed by atoms with E-state index in [9.17, 15) is 24.3 Å². The molecule has 80 heavy (non-hydrogen) atoms. The minimum atomic E-state index is -1.13. The van der Waals surface area contributed by atoms with Crippen molar-refractivity contribution in [2.75, 3.05) is 68.8 Å². The molecule has 5 aromatic rings. The number of aromatic nitrogens is 2. The molecule has 0 amide bonds. The lowest BCUT2D eigenvalue weighted by molar-refractivity contribution is -0.110. The first kappa shape index (κ1) is 74.0. The van der Waals surface area contributed by atoms with Gasteiger partial charge in [0.1, 0.15) is 23.3 Å². The van der Waals surface area contributed by atoms with Crippen molar-refractivity contribution in [3.8, 4) is 16.2 Å². The minimum Gasteiger partial charge on any atom is -0.483 e. The lowest BCUT2D eigenvalue weighted by Gasteiger charge is -2.34. The number of fused-ring (bicyclic) bond motifs is 1. The number of carboxylic acid groups (broad SMARTS) is 1. The third kappa shape index (κ3) is 22.8. The number of rotatable bonds is 21. The average Bonchev–Trinajstić information content (AvgIpc) is 3.84. The van der Waals surface area contributed by atoms with Crippen molar-refractivity contribution >= 4 is 101 Å². The van der Waals surface area contributed by atoms with Crippen molar-refractivity contribution in [1.82, 2.24) is 15.5 Å². The van der Waals surface area contributed by atoms with Gasteiger partial charge in [0, 0.05) is 72.8 Å². The smallest absolute Gasteiger partial charge is 0.349 e. The summed E-state index contributed by atoms with van der Waals surface area (Å²) in [5.74, 6) is 0.591. The number of nitrogens with two attached hydrogens (primary N) is 1. The number of anilines is 3. The molecule has 1 aliphatic rings. The first-order chi connectivity index (χ1) is 38.5. The molecule has 14 nitrogen and oxygen atoms in total. The Morgan fingerprint density at radius 1 is 1.00 bits per heavy atom. The summed E-state index contributed by atoms with van der Waals surface area (Å²) >= 11 is 11.8. The van der Waals surface area contributed by atoms with Crippen LogP contribution in [0.15, 0.2) is 85.5 Å². The highest BCUT2D eigenvalue weighted by molar-refractivity contribution is 7.80. The first-order valence-electron chi connectivity index (χ1n) is 27.7. The fourth-order valence-corrected chi connectivity index (χ4v) is 10.3. The molecule has 2 atom stereocenters. The number of halogens is 1. The maximum absolute atomic E-state index is 12.1. The number of carbonyl (C=O) groups excluding carboxylic acids is 3. The number of hydrogen-bond acceptors (Lipinski definition) is 15. The Bertz CT molecular complexity index is 2770. The largest absolute Gasteiger partial charge is 0.483 e. The number of carbonyl (C=O) groups is 4. The average molecular weight is 1160 g/mol. The SMILES string of the molecule is C=CCCC(C=O)N(C)c1ccc(C2CCN(c3cc(=C/C(=C)CS)/c(=C\N)nn3)CC2)c2cccc(C=O)c12.CC.CC.CC.CCCC(CC(C)(C)C)Nc1cccc(-c2sc(C(=O)O)c(OCC=O)c2Cl)c1.CNC.CO. The fourth-order valence-electron chi connectivity index (χ4n) is 8.76. The van der Waals surface area contributed by atoms with Crippen molar-refractivity contribution in [3.63, 3.8) is 0 Å². The van der Waals surface area contributed by atoms with Gasteiger partial charge in [0.25, 0.3) is 0 Å². The Balaban J connectivity index is 0.00000137. The number of ether oxygens (including phenoxy) is 1. The molecule has 442 valence electrons. The van der Waals surface area contributed by atoms with Crippen LogP contribution in [0.2, 0.25) is 5.02 Å². The summed E-state index contributed by atoms with van der Waals surface area (Å²) in [5, 5.41) is 35.2. The number of aromatic carboxylic acids is 1. The molecule has 3 heterocycles. The monoisotopic (exact) mass is 1160 g/mol. The van der Waals surface area contributed by atoms with Crippen molar-refractivity contribution in [2.45, 2.75) is 132 Å². The molecule has 0 radical (unpaired) electrons. The fraction of sp³-hybridized carbons (Fsp3) is 0.460. The molecule has 1 saturated heterocycles. The van der Waals surface area contributed by atoms with E-state index in [0.29, 0.717) is 46.2 Å². The van der Waals surface area contributed by atoms with Crippen molar-refractivity contribution < 1.29 is 34.1 Å². The molecule has 17 heteroatoms. The Hall–Kier alpha value is -6.04. The highest BCUT2D eigenvalue weighted by Crippen LogP contribution is 2.46. The van der Waals surface area contributed by atoms with Crippen LogP contribution in [0.5, 0.6) is 5.75 Å². The number of piperidine rings is 1. The number of aliphatic hydroxyl groups is 1. The zero-order chi connectivity index (χ0) is 61.0. The summed E-state index contributed by atoms with van der Waals surface area (Å²) < 4.78 is 5.28. The van der Waals surface area contributed by atoms with Gasteiger partial charge < -0.3 is 45.9 Å². The van der Waals surface area contributed by atoms with Crippen molar-refractivity contribution in [1.29, 1.82) is 0 Å². The van der Waals surface area contributed by atoms with Crippen LogP contribution in [0, 0.1) is 5.41 Å². The van der Waals surface area contributed by atoms with Gasteiger partial charge in [0.05, 0.1) is 10.9 Å². The normalized spacial score (nSPS) is 12.9. The number of likely N-dealkylation sites (N-methyl/N-ethyl adjacent to an activating group) is 1. The van der Waals surface area contributed by atoms with E-state index in [1.54, 1.807) is 0 Å². The first-order valence-corrected chi connectivity index (χ1v) is 29.5. The van der Waals surface area contributed by atoms with Gasteiger partial charge in [-0.05, 0) is 116 Å². The van der Waals surface area contributed by atoms with Gasteiger partial charge in [0.2, 0.25) is 0 Å². The zero-order valence-electron chi connectivity index (χ0n) is 50.2. The molecule has 2 aromatic heterocycles.